The second-order valence-electron chi connectivity index (χ2n) is 5.15. The quantitative estimate of drug-likeness (QED) is 0.655. The van der Waals surface area contributed by atoms with E-state index in [-0.39, 0.29) is 5.91 Å². The van der Waals surface area contributed by atoms with Gasteiger partial charge in [-0.15, -0.1) is 0 Å². The summed E-state index contributed by atoms with van der Waals surface area (Å²) in [6.45, 7) is 2.06. The van der Waals surface area contributed by atoms with Gasteiger partial charge in [0.05, 0.1) is 17.8 Å². The third kappa shape index (κ3) is 1.54. The second-order valence-corrected chi connectivity index (χ2v) is 5.15. The van der Waals surface area contributed by atoms with Crippen LogP contribution in [0.4, 0.5) is 5.69 Å². The summed E-state index contributed by atoms with van der Waals surface area (Å²) in [7, 11) is 0. The molecule has 0 saturated carbocycles. The summed E-state index contributed by atoms with van der Waals surface area (Å²) in [6, 6.07) is 9.95. The number of aryl methyl sites for hydroxylation is 1. The molecule has 4 heteroatoms. The molecule has 0 saturated heterocycles. The van der Waals surface area contributed by atoms with E-state index in [1.165, 1.54) is 5.56 Å². The Hall–Kier alpha value is -2.62. The molecule has 4 rings (SSSR count). The highest BCUT2D eigenvalue weighted by molar-refractivity contribution is 6.04. The van der Waals surface area contributed by atoms with Crippen LogP contribution in [0.2, 0.25) is 0 Å². The predicted molar refractivity (Wildman–Crippen MR) is 78.6 cm³/mol. The third-order valence-electron chi connectivity index (χ3n) is 3.72. The van der Waals surface area contributed by atoms with Crippen LogP contribution in [-0.2, 0) is 11.2 Å². The van der Waals surface area contributed by atoms with Gasteiger partial charge in [-0.2, -0.15) is 0 Å². The van der Waals surface area contributed by atoms with Gasteiger partial charge < -0.3 is 10.3 Å². The van der Waals surface area contributed by atoms with Crippen LogP contribution < -0.4 is 5.32 Å². The Morgan fingerprint density at radius 2 is 2.15 bits per heavy atom. The fourth-order valence-electron chi connectivity index (χ4n) is 2.81. The largest absolute Gasteiger partial charge is 0.353 e. The number of H-pyrrole nitrogens is 1. The van der Waals surface area contributed by atoms with E-state index in [2.05, 4.69) is 40.4 Å². The van der Waals surface area contributed by atoms with E-state index in [1.54, 1.807) is 6.20 Å². The van der Waals surface area contributed by atoms with Crippen molar-refractivity contribution in [3.05, 3.63) is 47.7 Å². The van der Waals surface area contributed by atoms with Gasteiger partial charge in [0.25, 0.3) is 0 Å². The van der Waals surface area contributed by atoms with Crippen LogP contribution in [0.3, 0.4) is 0 Å². The van der Waals surface area contributed by atoms with E-state index >= 15 is 0 Å². The number of hydrogen-bond donors (Lipinski definition) is 2. The number of pyridine rings is 1. The lowest BCUT2D eigenvalue weighted by molar-refractivity contribution is -0.115. The second kappa shape index (κ2) is 3.93. The number of nitrogens with zero attached hydrogens (tertiary/aromatic N) is 1. The number of benzene rings is 1. The van der Waals surface area contributed by atoms with Crippen molar-refractivity contribution >= 4 is 22.5 Å². The van der Waals surface area contributed by atoms with Crippen LogP contribution in [0, 0.1) is 6.92 Å². The fourth-order valence-corrected chi connectivity index (χ4v) is 2.81. The van der Waals surface area contributed by atoms with Crippen molar-refractivity contribution < 1.29 is 4.79 Å². The Morgan fingerprint density at radius 3 is 3.05 bits per heavy atom. The smallest absolute Gasteiger partial charge is 0.228 e. The monoisotopic (exact) mass is 263 g/mol. The van der Waals surface area contributed by atoms with Crippen molar-refractivity contribution in [1.82, 2.24) is 9.97 Å². The fraction of sp³-hybridized carbons (Fsp3) is 0.125. The SMILES string of the molecule is Cc1ccc2[nH]c3c(c2c1)CC(=O)Nc1cccnc1-3. The Bertz CT molecular complexity index is 848. The van der Waals surface area contributed by atoms with E-state index in [4.69, 9.17) is 0 Å². The van der Waals surface area contributed by atoms with Gasteiger partial charge in [0.2, 0.25) is 5.91 Å². The molecule has 2 aromatic heterocycles. The van der Waals surface area contributed by atoms with Crippen molar-refractivity contribution in [2.75, 3.05) is 5.32 Å². The number of amides is 1. The highest BCUT2D eigenvalue weighted by Crippen LogP contribution is 2.36. The molecule has 20 heavy (non-hydrogen) atoms. The molecule has 0 atom stereocenters. The zero-order valence-electron chi connectivity index (χ0n) is 11.0. The van der Waals surface area contributed by atoms with Gasteiger partial charge in [-0.25, -0.2) is 0 Å². The van der Waals surface area contributed by atoms with Crippen molar-refractivity contribution in [2.45, 2.75) is 13.3 Å². The van der Waals surface area contributed by atoms with Crippen LogP contribution >= 0.6 is 0 Å². The summed E-state index contributed by atoms with van der Waals surface area (Å²) in [5.41, 5.74) is 5.78. The van der Waals surface area contributed by atoms with Gasteiger partial charge >= 0.3 is 0 Å². The van der Waals surface area contributed by atoms with E-state index in [9.17, 15) is 4.79 Å². The normalized spacial score (nSPS) is 13.6. The Balaban J connectivity index is 2.10. The molecule has 0 bridgehead atoms. The van der Waals surface area contributed by atoms with Crippen molar-refractivity contribution in [3.8, 4) is 11.4 Å². The average molecular weight is 263 g/mol. The molecule has 0 aliphatic carbocycles. The molecule has 3 heterocycles. The standard InChI is InChI=1S/C16H13N3O/c1-9-4-5-12-10(7-9)11-8-14(20)18-13-3-2-6-17-16(13)15(11)19-12/h2-7,19H,8H2,1H3,(H,18,20). The molecule has 1 aliphatic heterocycles. The van der Waals surface area contributed by atoms with Crippen molar-refractivity contribution in [1.29, 1.82) is 0 Å². The van der Waals surface area contributed by atoms with Gasteiger partial charge in [0, 0.05) is 17.1 Å². The summed E-state index contributed by atoms with van der Waals surface area (Å²) in [5.74, 6) is 0.000376. The first-order valence-corrected chi connectivity index (χ1v) is 6.59. The van der Waals surface area contributed by atoms with Gasteiger partial charge in [-0.05, 0) is 36.8 Å². The molecule has 0 radical (unpaired) electrons. The molecule has 3 aromatic rings. The first-order chi connectivity index (χ1) is 9.72. The number of fused-ring (bicyclic) bond motifs is 5. The molecular formula is C16H13N3O. The minimum Gasteiger partial charge on any atom is -0.353 e. The molecule has 98 valence electrons. The Morgan fingerprint density at radius 1 is 1.25 bits per heavy atom. The minimum atomic E-state index is 0.000376. The molecule has 0 fully saturated rings. The lowest BCUT2D eigenvalue weighted by atomic mass is 10.0. The first kappa shape index (κ1) is 11.2. The van der Waals surface area contributed by atoms with Crippen molar-refractivity contribution in [2.24, 2.45) is 0 Å². The number of anilines is 1. The number of carbonyl (C=O) groups excluding carboxylic acids is 1. The van der Waals surface area contributed by atoms with Gasteiger partial charge in [-0.1, -0.05) is 11.6 Å². The zero-order chi connectivity index (χ0) is 13.7. The third-order valence-corrected chi connectivity index (χ3v) is 3.72. The predicted octanol–water partition coefficient (Wildman–Crippen LogP) is 3.03. The molecular weight excluding hydrogens is 250 g/mol. The van der Waals surface area contributed by atoms with Gasteiger partial charge in [-0.3, -0.25) is 9.78 Å². The van der Waals surface area contributed by atoms with Crippen LogP contribution in [0.15, 0.2) is 36.5 Å². The number of aromatic amines is 1. The van der Waals surface area contributed by atoms with Crippen LogP contribution in [0.25, 0.3) is 22.3 Å². The maximum absolute atomic E-state index is 12.1. The summed E-state index contributed by atoms with van der Waals surface area (Å²) in [6.07, 6.45) is 2.12. The summed E-state index contributed by atoms with van der Waals surface area (Å²) in [5, 5.41) is 4.02. The topological polar surface area (TPSA) is 57.8 Å². The lowest BCUT2D eigenvalue weighted by Crippen LogP contribution is -2.12. The van der Waals surface area contributed by atoms with E-state index in [0.29, 0.717) is 6.42 Å². The van der Waals surface area contributed by atoms with Crippen LogP contribution in [0.5, 0.6) is 0 Å². The van der Waals surface area contributed by atoms with E-state index < -0.39 is 0 Å². The highest BCUT2D eigenvalue weighted by Gasteiger charge is 2.23. The molecule has 0 spiro atoms. The lowest BCUT2D eigenvalue weighted by Gasteiger charge is -2.04. The molecule has 0 unspecified atom stereocenters. The molecule has 4 nitrogen and oxygen atoms in total. The number of hydrogen-bond acceptors (Lipinski definition) is 2. The maximum Gasteiger partial charge on any atom is 0.228 e. The number of rotatable bonds is 0. The van der Waals surface area contributed by atoms with Gasteiger partial charge in [0.15, 0.2) is 0 Å². The molecule has 1 aromatic carbocycles. The molecule has 2 N–H and O–H groups in total. The van der Waals surface area contributed by atoms with Gasteiger partial charge in [0.1, 0.15) is 5.69 Å². The number of aromatic nitrogens is 2. The molecule has 1 amide bonds. The van der Waals surface area contributed by atoms with E-state index in [1.807, 2.05) is 12.1 Å². The minimum absolute atomic E-state index is 0.000376. The Kier molecular flexibility index (Phi) is 2.21. The summed E-state index contributed by atoms with van der Waals surface area (Å²) >= 11 is 0. The zero-order valence-corrected chi connectivity index (χ0v) is 11.0. The average Bonchev–Trinajstić information content (AvgIpc) is 2.70. The van der Waals surface area contributed by atoms with Crippen LogP contribution in [0.1, 0.15) is 11.1 Å². The van der Waals surface area contributed by atoms with Crippen LogP contribution in [-0.4, -0.2) is 15.9 Å². The first-order valence-electron chi connectivity index (χ1n) is 6.59. The maximum atomic E-state index is 12.1. The number of carbonyl (C=O) groups is 1. The highest BCUT2D eigenvalue weighted by atomic mass is 16.1. The summed E-state index contributed by atoms with van der Waals surface area (Å²) in [4.78, 5) is 19.9. The number of nitrogens with one attached hydrogen (secondary N) is 2. The summed E-state index contributed by atoms with van der Waals surface area (Å²) < 4.78 is 0. The molecule has 1 aliphatic rings. The Labute approximate surface area is 115 Å². The van der Waals surface area contributed by atoms with Crippen molar-refractivity contribution in [3.63, 3.8) is 0 Å². The van der Waals surface area contributed by atoms with E-state index in [0.717, 1.165) is 33.5 Å².